The van der Waals surface area contributed by atoms with Crippen molar-refractivity contribution < 1.29 is 4.79 Å². The Morgan fingerprint density at radius 3 is 2.43 bits per heavy atom. The van der Waals surface area contributed by atoms with Gasteiger partial charge in [0.05, 0.1) is 10.2 Å². The van der Waals surface area contributed by atoms with Crippen molar-refractivity contribution in [3.05, 3.63) is 58.1 Å². The number of para-hydroxylation sites is 1. The summed E-state index contributed by atoms with van der Waals surface area (Å²) in [6.07, 6.45) is 0. The summed E-state index contributed by atoms with van der Waals surface area (Å²) < 4.78 is 1.97. The Bertz CT molecular complexity index is 863. The van der Waals surface area contributed by atoms with Crippen LogP contribution in [-0.2, 0) is 5.41 Å². The van der Waals surface area contributed by atoms with Crippen LogP contribution in [0.15, 0.2) is 46.9 Å². The van der Waals surface area contributed by atoms with Gasteiger partial charge in [-0.2, -0.15) is 0 Å². The number of aromatic nitrogens is 1. The van der Waals surface area contributed by atoms with Gasteiger partial charge in [0, 0.05) is 10.0 Å². The number of rotatable bonds is 2. The summed E-state index contributed by atoms with van der Waals surface area (Å²) in [4.78, 5) is 16.9. The predicted molar refractivity (Wildman–Crippen MR) is 100 cm³/mol. The number of carbonyl (C=O) groups excluding carboxylic acids is 1. The van der Waals surface area contributed by atoms with Crippen molar-refractivity contribution in [1.29, 1.82) is 0 Å². The minimum atomic E-state index is -0.138. The van der Waals surface area contributed by atoms with E-state index in [4.69, 9.17) is 0 Å². The van der Waals surface area contributed by atoms with Crippen molar-refractivity contribution >= 4 is 48.5 Å². The fourth-order valence-corrected chi connectivity index (χ4v) is 3.73. The van der Waals surface area contributed by atoms with Gasteiger partial charge in [0.1, 0.15) is 0 Å². The van der Waals surface area contributed by atoms with Crippen LogP contribution in [0.25, 0.3) is 10.2 Å². The monoisotopic (exact) mass is 388 g/mol. The number of benzene rings is 2. The van der Waals surface area contributed by atoms with Crippen molar-refractivity contribution in [2.75, 3.05) is 5.32 Å². The van der Waals surface area contributed by atoms with E-state index >= 15 is 0 Å². The van der Waals surface area contributed by atoms with Crippen LogP contribution in [0, 0.1) is 0 Å². The first-order chi connectivity index (χ1) is 10.8. The van der Waals surface area contributed by atoms with Crippen LogP contribution < -0.4 is 5.32 Å². The number of anilines is 1. The zero-order valence-corrected chi connectivity index (χ0v) is 15.6. The van der Waals surface area contributed by atoms with Crippen LogP contribution in [0.1, 0.15) is 36.7 Å². The topological polar surface area (TPSA) is 42.0 Å². The molecule has 0 atom stereocenters. The Morgan fingerprint density at radius 2 is 1.83 bits per heavy atom. The number of fused-ring (bicyclic) bond motifs is 1. The molecule has 1 N–H and O–H groups in total. The minimum Gasteiger partial charge on any atom is -0.298 e. The number of nitrogens with zero attached hydrogens (tertiary/aromatic N) is 1. The highest BCUT2D eigenvalue weighted by Gasteiger charge is 2.15. The highest BCUT2D eigenvalue weighted by molar-refractivity contribution is 9.10. The fraction of sp³-hybridized carbons (Fsp3) is 0.222. The van der Waals surface area contributed by atoms with Gasteiger partial charge in [-0.15, -0.1) is 0 Å². The second-order valence-corrected chi connectivity index (χ2v) is 8.27. The van der Waals surface area contributed by atoms with E-state index < -0.39 is 0 Å². The van der Waals surface area contributed by atoms with E-state index in [9.17, 15) is 4.79 Å². The number of thiazole rings is 1. The van der Waals surface area contributed by atoms with E-state index in [1.54, 1.807) is 0 Å². The quantitative estimate of drug-likeness (QED) is 0.619. The van der Waals surface area contributed by atoms with E-state index in [-0.39, 0.29) is 11.3 Å². The highest BCUT2D eigenvalue weighted by atomic mass is 79.9. The normalized spacial score (nSPS) is 11.7. The van der Waals surface area contributed by atoms with Crippen LogP contribution in [0.3, 0.4) is 0 Å². The van der Waals surface area contributed by atoms with Gasteiger partial charge in [-0.05, 0) is 51.2 Å². The second kappa shape index (κ2) is 6.06. The fourth-order valence-electron chi connectivity index (χ4n) is 2.26. The Balaban J connectivity index is 1.81. The molecule has 0 bridgehead atoms. The summed E-state index contributed by atoms with van der Waals surface area (Å²) in [6.45, 7) is 6.46. The Kier molecular flexibility index (Phi) is 4.25. The van der Waals surface area contributed by atoms with E-state index in [1.165, 1.54) is 16.9 Å². The lowest BCUT2D eigenvalue weighted by molar-refractivity contribution is 0.102. The molecule has 0 saturated heterocycles. The third-order valence-corrected chi connectivity index (χ3v) is 5.18. The molecule has 0 fully saturated rings. The Morgan fingerprint density at radius 1 is 1.13 bits per heavy atom. The van der Waals surface area contributed by atoms with Gasteiger partial charge in [-0.1, -0.05) is 50.3 Å². The van der Waals surface area contributed by atoms with Gasteiger partial charge >= 0.3 is 0 Å². The first-order valence-electron chi connectivity index (χ1n) is 7.31. The van der Waals surface area contributed by atoms with E-state index in [1.807, 2.05) is 42.5 Å². The molecule has 2 aromatic carbocycles. The standard InChI is InChI=1S/C18H17BrN2OS/c1-18(2,3)12-9-7-11(8-10-12)16(22)21-17-20-15-13(19)5-4-6-14(15)23-17/h4-10H,1-3H3,(H,20,21,22). The third-order valence-electron chi connectivity index (χ3n) is 3.60. The summed E-state index contributed by atoms with van der Waals surface area (Å²) in [7, 11) is 0. The van der Waals surface area contributed by atoms with Crippen molar-refractivity contribution in [3.63, 3.8) is 0 Å². The van der Waals surface area contributed by atoms with Gasteiger partial charge < -0.3 is 0 Å². The van der Waals surface area contributed by atoms with E-state index in [0.29, 0.717) is 10.7 Å². The SMILES string of the molecule is CC(C)(C)c1ccc(C(=O)Nc2nc3c(Br)cccc3s2)cc1. The van der Waals surface area contributed by atoms with Crippen LogP contribution in [-0.4, -0.2) is 10.9 Å². The maximum Gasteiger partial charge on any atom is 0.257 e. The first kappa shape index (κ1) is 16.1. The smallest absolute Gasteiger partial charge is 0.257 e. The average molecular weight is 389 g/mol. The Hall–Kier alpha value is -1.72. The molecule has 0 aliphatic rings. The molecule has 1 heterocycles. The molecule has 3 nitrogen and oxygen atoms in total. The molecule has 23 heavy (non-hydrogen) atoms. The molecular formula is C18H17BrN2OS. The predicted octanol–water partition coefficient (Wildman–Crippen LogP) is 5.61. The van der Waals surface area contributed by atoms with Gasteiger partial charge in [0.2, 0.25) is 0 Å². The number of carbonyl (C=O) groups is 1. The molecule has 3 rings (SSSR count). The largest absolute Gasteiger partial charge is 0.298 e. The molecule has 1 amide bonds. The number of hydrogen-bond acceptors (Lipinski definition) is 3. The molecule has 0 spiro atoms. The zero-order chi connectivity index (χ0) is 16.6. The molecule has 0 aliphatic heterocycles. The molecule has 3 aromatic rings. The number of halogens is 1. The maximum absolute atomic E-state index is 12.4. The van der Waals surface area contributed by atoms with Crippen molar-refractivity contribution in [2.24, 2.45) is 0 Å². The molecule has 0 aliphatic carbocycles. The second-order valence-electron chi connectivity index (χ2n) is 6.39. The van der Waals surface area contributed by atoms with Gasteiger partial charge in [0.15, 0.2) is 5.13 Å². The molecular weight excluding hydrogens is 372 g/mol. The van der Waals surface area contributed by atoms with Crippen LogP contribution in [0.4, 0.5) is 5.13 Å². The molecule has 5 heteroatoms. The van der Waals surface area contributed by atoms with Gasteiger partial charge in [-0.25, -0.2) is 4.98 Å². The third kappa shape index (κ3) is 3.46. The van der Waals surface area contributed by atoms with Crippen LogP contribution in [0.5, 0.6) is 0 Å². The van der Waals surface area contributed by atoms with E-state index in [2.05, 4.69) is 47.0 Å². The van der Waals surface area contributed by atoms with Crippen molar-refractivity contribution in [1.82, 2.24) is 4.98 Å². The minimum absolute atomic E-state index is 0.0777. The first-order valence-corrected chi connectivity index (χ1v) is 8.92. The maximum atomic E-state index is 12.4. The van der Waals surface area contributed by atoms with Crippen molar-refractivity contribution in [2.45, 2.75) is 26.2 Å². The van der Waals surface area contributed by atoms with Crippen LogP contribution >= 0.6 is 27.3 Å². The summed E-state index contributed by atoms with van der Waals surface area (Å²) in [5.74, 6) is -0.138. The summed E-state index contributed by atoms with van der Waals surface area (Å²) in [5, 5.41) is 3.49. The van der Waals surface area contributed by atoms with Crippen LogP contribution in [0.2, 0.25) is 0 Å². The number of hydrogen-bond donors (Lipinski definition) is 1. The molecule has 0 radical (unpaired) electrons. The number of nitrogens with one attached hydrogen (secondary N) is 1. The zero-order valence-electron chi connectivity index (χ0n) is 13.2. The summed E-state index contributed by atoms with van der Waals surface area (Å²) in [6, 6.07) is 13.6. The lowest BCUT2D eigenvalue weighted by Crippen LogP contribution is -2.14. The average Bonchev–Trinajstić information content (AvgIpc) is 2.90. The van der Waals surface area contributed by atoms with Gasteiger partial charge in [0.25, 0.3) is 5.91 Å². The number of amides is 1. The highest BCUT2D eigenvalue weighted by Crippen LogP contribution is 2.31. The summed E-state index contributed by atoms with van der Waals surface area (Å²) in [5.41, 5.74) is 2.79. The molecule has 118 valence electrons. The molecule has 0 unspecified atom stereocenters. The molecule has 0 saturated carbocycles. The Labute approximate surface area is 147 Å². The lowest BCUT2D eigenvalue weighted by Gasteiger charge is -2.18. The van der Waals surface area contributed by atoms with E-state index in [0.717, 1.165) is 14.7 Å². The van der Waals surface area contributed by atoms with Crippen molar-refractivity contribution in [3.8, 4) is 0 Å². The lowest BCUT2D eigenvalue weighted by atomic mass is 9.87. The summed E-state index contributed by atoms with van der Waals surface area (Å²) >= 11 is 4.95. The molecule has 1 aromatic heterocycles. The van der Waals surface area contributed by atoms with Gasteiger partial charge in [-0.3, -0.25) is 10.1 Å².